The van der Waals surface area contributed by atoms with Crippen molar-refractivity contribution < 1.29 is 0 Å². The Morgan fingerprint density at radius 1 is 0.810 bits per heavy atom. The first-order chi connectivity index (χ1) is 10.0. The molecule has 0 aliphatic rings. The van der Waals surface area contributed by atoms with Crippen LogP contribution in [0.3, 0.4) is 0 Å². The summed E-state index contributed by atoms with van der Waals surface area (Å²) in [6.45, 7) is 12.1. The van der Waals surface area contributed by atoms with Crippen LogP contribution in [0.1, 0.15) is 42.0 Å². The Labute approximate surface area is 129 Å². The normalized spacial score (nSPS) is 10.7. The summed E-state index contributed by atoms with van der Waals surface area (Å²) in [7, 11) is 0. The minimum absolute atomic E-state index is 1.07. The van der Waals surface area contributed by atoms with E-state index in [1.807, 2.05) is 0 Å². The summed E-state index contributed by atoms with van der Waals surface area (Å²) in [6.07, 6.45) is 2.42. The van der Waals surface area contributed by atoms with Gasteiger partial charge in [0.15, 0.2) is 0 Å². The van der Waals surface area contributed by atoms with Gasteiger partial charge in [-0.1, -0.05) is 48.7 Å². The quantitative estimate of drug-likeness (QED) is 0.663. The molecule has 0 unspecified atom stereocenters. The van der Waals surface area contributed by atoms with E-state index in [1.165, 1.54) is 46.5 Å². The van der Waals surface area contributed by atoms with Gasteiger partial charge in [-0.25, -0.2) is 0 Å². The summed E-state index contributed by atoms with van der Waals surface area (Å²) >= 11 is 0. The average Bonchev–Trinajstić information content (AvgIpc) is 2.42. The Kier molecular flexibility index (Phi) is 5.06. The molecule has 1 heteroatoms. The molecule has 2 aromatic carbocycles. The Balaban J connectivity index is 2.47. The van der Waals surface area contributed by atoms with Gasteiger partial charge in [-0.3, -0.25) is 0 Å². The second-order valence-electron chi connectivity index (χ2n) is 6.09. The molecule has 0 radical (unpaired) electrons. The van der Waals surface area contributed by atoms with Gasteiger partial charge in [0.05, 0.1) is 0 Å². The summed E-state index contributed by atoms with van der Waals surface area (Å²) in [4.78, 5) is 2.48. The minimum atomic E-state index is 1.07. The summed E-state index contributed by atoms with van der Waals surface area (Å²) in [5.41, 5.74) is 8.05. The Bertz CT molecular complexity index is 573. The standard InChI is InChI=1S/C20H27N/c1-6-7-12-21(19-10-8-15(2)9-11-19)20-17(4)13-16(3)14-18(20)5/h8-11,13-14H,6-7,12H2,1-5H3. The van der Waals surface area contributed by atoms with Crippen molar-refractivity contribution in [2.24, 2.45) is 0 Å². The minimum Gasteiger partial charge on any atom is -0.341 e. The number of hydrogen-bond acceptors (Lipinski definition) is 1. The second-order valence-corrected chi connectivity index (χ2v) is 6.09. The van der Waals surface area contributed by atoms with Crippen LogP contribution in [0.15, 0.2) is 36.4 Å². The molecule has 0 heterocycles. The highest BCUT2D eigenvalue weighted by Crippen LogP contribution is 2.32. The average molecular weight is 281 g/mol. The summed E-state index contributed by atoms with van der Waals surface area (Å²) in [5, 5.41) is 0. The molecule has 0 bridgehead atoms. The number of nitrogens with zero attached hydrogens (tertiary/aromatic N) is 1. The van der Waals surface area contributed by atoms with E-state index in [0.29, 0.717) is 0 Å². The molecule has 112 valence electrons. The molecule has 0 aliphatic heterocycles. The molecule has 0 aromatic heterocycles. The Hall–Kier alpha value is -1.76. The highest BCUT2D eigenvalue weighted by Gasteiger charge is 2.14. The van der Waals surface area contributed by atoms with Crippen LogP contribution in [0.4, 0.5) is 11.4 Å². The van der Waals surface area contributed by atoms with Gasteiger partial charge < -0.3 is 4.90 Å². The fourth-order valence-corrected chi connectivity index (χ4v) is 3.01. The first kappa shape index (κ1) is 15.6. The number of anilines is 2. The van der Waals surface area contributed by atoms with E-state index >= 15 is 0 Å². The molecule has 1 nitrogen and oxygen atoms in total. The molecule has 0 fully saturated rings. The second kappa shape index (κ2) is 6.80. The van der Waals surface area contributed by atoms with Crippen LogP contribution < -0.4 is 4.90 Å². The summed E-state index contributed by atoms with van der Waals surface area (Å²) < 4.78 is 0. The predicted octanol–water partition coefficient (Wildman–Crippen LogP) is 5.86. The molecule has 0 atom stereocenters. The zero-order valence-electron chi connectivity index (χ0n) is 14.0. The molecule has 2 aromatic rings. The lowest BCUT2D eigenvalue weighted by atomic mass is 10.0. The SMILES string of the molecule is CCCCN(c1ccc(C)cc1)c1c(C)cc(C)cc1C. The molecular weight excluding hydrogens is 254 g/mol. The van der Waals surface area contributed by atoms with E-state index in [1.54, 1.807) is 0 Å². The topological polar surface area (TPSA) is 3.24 Å². The molecule has 0 amide bonds. The molecule has 0 N–H and O–H groups in total. The number of benzene rings is 2. The van der Waals surface area contributed by atoms with E-state index in [0.717, 1.165) is 6.54 Å². The zero-order chi connectivity index (χ0) is 15.4. The fraction of sp³-hybridized carbons (Fsp3) is 0.400. The van der Waals surface area contributed by atoms with Gasteiger partial charge in [-0.15, -0.1) is 0 Å². The van der Waals surface area contributed by atoms with Gasteiger partial charge in [0, 0.05) is 17.9 Å². The van der Waals surface area contributed by atoms with Crippen molar-refractivity contribution >= 4 is 11.4 Å². The van der Waals surface area contributed by atoms with Crippen molar-refractivity contribution in [1.82, 2.24) is 0 Å². The molecule has 2 rings (SSSR count). The fourth-order valence-electron chi connectivity index (χ4n) is 3.01. The summed E-state index contributed by atoms with van der Waals surface area (Å²) in [5.74, 6) is 0. The lowest BCUT2D eigenvalue weighted by molar-refractivity contribution is 0.783. The molecular formula is C20H27N. The number of rotatable bonds is 5. The van der Waals surface area contributed by atoms with Gasteiger partial charge in [-0.2, -0.15) is 0 Å². The van der Waals surface area contributed by atoms with Gasteiger partial charge in [0.25, 0.3) is 0 Å². The van der Waals surface area contributed by atoms with E-state index < -0.39 is 0 Å². The third kappa shape index (κ3) is 3.66. The first-order valence-electron chi connectivity index (χ1n) is 7.95. The number of unbranched alkanes of at least 4 members (excludes halogenated alkanes) is 1. The van der Waals surface area contributed by atoms with Crippen molar-refractivity contribution in [2.45, 2.75) is 47.5 Å². The van der Waals surface area contributed by atoms with Crippen molar-refractivity contribution in [2.75, 3.05) is 11.4 Å². The monoisotopic (exact) mass is 281 g/mol. The van der Waals surface area contributed by atoms with Crippen LogP contribution >= 0.6 is 0 Å². The van der Waals surface area contributed by atoms with E-state index in [9.17, 15) is 0 Å². The maximum atomic E-state index is 2.48. The van der Waals surface area contributed by atoms with Crippen LogP contribution in [0.25, 0.3) is 0 Å². The first-order valence-corrected chi connectivity index (χ1v) is 7.95. The smallest absolute Gasteiger partial charge is 0.0470 e. The van der Waals surface area contributed by atoms with E-state index in [4.69, 9.17) is 0 Å². The Morgan fingerprint density at radius 3 is 1.90 bits per heavy atom. The highest BCUT2D eigenvalue weighted by atomic mass is 15.1. The largest absolute Gasteiger partial charge is 0.341 e. The van der Waals surface area contributed by atoms with Crippen LogP contribution in [0, 0.1) is 27.7 Å². The van der Waals surface area contributed by atoms with Crippen LogP contribution in [0.5, 0.6) is 0 Å². The van der Waals surface area contributed by atoms with Crippen molar-refractivity contribution in [3.8, 4) is 0 Å². The maximum absolute atomic E-state index is 2.48. The number of aryl methyl sites for hydroxylation is 4. The molecule has 0 spiro atoms. The number of hydrogen-bond donors (Lipinski definition) is 0. The van der Waals surface area contributed by atoms with Crippen molar-refractivity contribution in [1.29, 1.82) is 0 Å². The van der Waals surface area contributed by atoms with Gasteiger partial charge in [0.2, 0.25) is 0 Å². The summed E-state index contributed by atoms with van der Waals surface area (Å²) in [6, 6.07) is 13.5. The van der Waals surface area contributed by atoms with Crippen LogP contribution in [0.2, 0.25) is 0 Å². The van der Waals surface area contributed by atoms with Crippen molar-refractivity contribution in [3.05, 3.63) is 58.7 Å². The highest BCUT2D eigenvalue weighted by molar-refractivity contribution is 5.70. The van der Waals surface area contributed by atoms with Crippen molar-refractivity contribution in [3.63, 3.8) is 0 Å². The lowest BCUT2D eigenvalue weighted by Gasteiger charge is -2.29. The van der Waals surface area contributed by atoms with Gasteiger partial charge in [0.1, 0.15) is 0 Å². The molecule has 0 saturated carbocycles. The third-order valence-electron chi connectivity index (χ3n) is 3.99. The molecule has 21 heavy (non-hydrogen) atoms. The lowest BCUT2D eigenvalue weighted by Crippen LogP contribution is -2.20. The Morgan fingerprint density at radius 2 is 1.38 bits per heavy atom. The maximum Gasteiger partial charge on any atom is 0.0470 e. The molecule has 0 saturated heterocycles. The van der Waals surface area contributed by atoms with Crippen LogP contribution in [-0.2, 0) is 0 Å². The van der Waals surface area contributed by atoms with E-state index in [-0.39, 0.29) is 0 Å². The van der Waals surface area contributed by atoms with Gasteiger partial charge in [-0.05, 0) is 57.4 Å². The van der Waals surface area contributed by atoms with Crippen LogP contribution in [-0.4, -0.2) is 6.54 Å². The third-order valence-corrected chi connectivity index (χ3v) is 3.99. The van der Waals surface area contributed by atoms with Gasteiger partial charge >= 0.3 is 0 Å². The zero-order valence-corrected chi connectivity index (χ0v) is 14.0. The molecule has 0 aliphatic carbocycles. The predicted molar refractivity (Wildman–Crippen MR) is 93.7 cm³/mol. The van der Waals surface area contributed by atoms with E-state index in [2.05, 4.69) is 75.9 Å².